The maximum Gasteiger partial charge on any atom is 0.224 e. The van der Waals surface area contributed by atoms with Crippen LogP contribution in [-0.4, -0.2) is 34.0 Å². The van der Waals surface area contributed by atoms with Crippen LogP contribution in [0.4, 0.5) is 11.8 Å². The van der Waals surface area contributed by atoms with Gasteiger partial charge in [0.25, 0.3) is 0 Å². The fraction of sp³-hybridized carbons (Fsp3) is 0.227. The van der Waals surface area contributed by atoms with Gasteiger partial charge in [-0.05, 0) is 35.2 Å². The smallest absolute Gasteiger partial charge is 0.224 e. The highest BCUT2D eigenvalue weighted by Gasteiger charge is 2.19. The molecule has 0 saturated heterocycles. The zero-order valence-corrected chi connectivity index (χ0v) is 15.5. The number of nitrogens with one attached hydrogen (secondary N) is 1. The van der Waals surface area contributed by atoms with E-state index in [-0.39, 0.29) is 5.78 Å². The Balaban J connectivity index is 1.46. The average molecular weight is 374 g/mol. The number of hydrogen-bond donors (Lipinski definition) is 2. The Bertz CT molecular complexity index is 975. The normalized spacial score (nSPS) is 13.1. The number of anilines is 2. The van der Waals surface area contributed by atoms with Gasteiger partial charge in [-0.1, -0.05) is 42.5 Å². The third-order valence-electron chi connectivity index (χ3n) is 4.94. The maximum atomic E-state index is 11.7. The van der Waals surface area contributed by atoms with Crippen LogP contribution in [0.25, 0.3) is 0 Å². The summed E-state index contributed by atoms with van der Waals surface area (Å²) in [7, 11) is 0. The molecule has 28 heavy (non-hydrogen) atoms. The molecule has 2 heterocycles. The van der Waals surface area contributed by atoms with Crippen LogP contribution < -0.4 is 10.2 Å². The van der Waals surface area contributed by atoms with Crippen molar-refractivity contribution in [1.82, 2.24) is 9.97 Å². The van der Waals surface area contributed by atoms with E-state index in [0.29, 0.717) is 18.1 Å². The lowest BCUT2D eigenvalue weighted by atomic mass is 9.96. The highest BCUT2D eigenvalue weighted by Crippen LogP contribution is 2.24. The van der Waals surface area contributed by atoms with Gasteiger partial charge in [0, 0.05) is 31.4 Å². The minimum atomic E-state index is -0.454. The van der Waals surface area contributed by atoms with Crippen LogP contribution in [0.5, 0.6) is 0 Å². The van der Waals surface area contributed by atoms with Crippen molar-refractivity contribution in [2.75, 3.05) is 23.4 Å². The van der Waals surface area contributed by atoms with Crippen LogP contribution in [0.3, 0.4) is 0 Å². The average Bonchev–Trinajstić information content (AvgIpc) is 2.77. The number of aliphatic hydroxyl groups is 1. The van der Waals surface area contributed by atoms with Gasteiger partial charge in [-0.3, -0.25) is 4.79 Å². The van der Waals surface area contributed by atoms with E-state index in [1.54, 1.807) is 12.3 Å². The molecule has 1 aromatic heterocycles. The third-order valence-corrected chi connectivity index (χ3v) is 4.94. The monoisotopic (exact) mass is 374 g/mol. The van der Waals surface area contributed by atoms with E-state index in [4.69, 9.17) is 5.11 Å². The summed E-state index contributed by atoms with van der Waals surface area (Å²) in [5.74, 6) is 1.25. The summed E-state index contributed by atoms with van der Waals surface area (Å²) < 4.78 is 0. The highest BCUT2D eigenvalue weighted by molar-refractivity contribution is 5.97. The third kappa shape index (κ3) is 4.02. The number of carbonyl (C=O) groups is 1. The zero-order valence-electron chi connectivity index (χ0n) is 15.5. The van der Waals surface area contributed by atoms with E-state index in [1.165, 1.54) is 11.1 Å². The van der Waals surface area contributed by atoms with Crippen LogP contribution in [0.1, 0.15) is 27.0 Å². The first kappa shape index (κ1) is 18.1. The summed E-state index contributed by atoms with van der Waals surface area (Å²) in [5.41, 5.74) is 4.09. The number of nitrogens with zero attached hydrogens (tertiary/aromatic N) is 3. The molecule has 3 aromatic rings. The molecule has 6 nitrogen and oxygen atoms in total. The van der Waals surface area contributed by atoms with Gasteiger partial charge in [-0.2, -0.15) is 4.98 Å². The topological polar surface area (TPSA) is 78.3 Å². The van der Waals surface area contributed by atoms with Gasteiger partial charge in [0.2, 0.25) is 5.95 Å². The maximum absolute atomic E-state index is 11.7. The fourth-order valence-corrected chi connectivity index (χ4v) is 3.40. The van der Waals surface area contributed by atoms with Crippen LogP contribution in [0, 0.1) is 0 Å². The molecule has 6 heteroatoms. The molecule has 1 aliphatic heterocycles. The highest BCUT2D eigenvalue weighted by atomic mass is 16.3. The number of ketones is 1. The molecule has 2 aromatic carbocycles. The van der Waals surface area contributed by atoms with Crippen LogP contribution >= 0.6 is 0 Å². The van der Waals surface area contributed by atoms with Crippen molar-refractivity contribution in [2.45, 2.75) is 19.5 Å². The summed E-state index contributed by atoms with van der Waals surface area (Å²) in [5, 5.41) is 12.3. The summed E-state index contributed by atoms with van der Waals surface area (Å²) in [6, 6.07) is 17.7. The number of benzene rings is 2. The lowest BCUT2D eigenvalue weighted by Gasteiger charge is -2.30. The van der Waals surface area contributed by atoms with E-state index in [1.807, 2.05) is 36.4 Å². The van der Waals surface area contributed by atoms with Gasteiger partial charge in [0.15, 0.2) is 5.78 Å². The van der Waals surface area contributed by atoms with Crippen molar-refractivity contribution >= 4 is 17.5 Å². The quantitative estimate of drug-likeness (QED) is 0.646. The lowest BCUT2D eigenvalue weighted by molar-refractivity contribution is 0.0903. The molecular weight excluding hydrogens is 352 g/mol. The van der Waals surface area contributed by atoms with Crippen molar-refractivity contribution in [3.8, 4) is 0 Å². The van der Waals surface area contributed by atoms with Gasteiger partial charge < -0.3 is 15.3 Å². The molecule has 1 aliphatic rings. The van der Waals surface area contributed by atoms with E-state index >= 15 is 0 Å². The zero-order chi connectivity index (χ0) is 19.3. The minimum absolute atomic E-state index is 0.241. The Morgan fingerprint density at radius 2 is 1.96 bits per heavy atom. The van der Waals surface area contributed by atoms with Gasteiger partial charge in [0.05, 0.1) is 0 Å². The van der Waals surface area contributed by atoms with Gasteiger partial charge in [0.1, 0.15) is 12.4 Å². The Kier molecular flexibility index (Phi) is 5.30. The number of rotatable bonds is 6. The Morgan fingerprint density at radius 3 is 2.79 bits per heavy atom. The number of fused-ring (bicyclic) bond motifs is 1. The molecular formula is C22H22N4O2. The molecule has 0 aliphatic carbocycles. The fourth-order valence-electron chi connectivity index (χ4n) is 3.40. The van der Waals surface area contributed by atoms with Crippen LogP contribution in [0.15, 0.2) is 60.8 Å². The van der Waals surface area contributed by atoms with Crippen molar-refractivity contribution in [3.63, 3.8) is 0 Å². The predicted molar refractivity (Wildman–Crippen MR) is 108 cm³/mol. The van der Waals surface area contributed by atoms with E-state index < -0.39 is 6.61 Å². The molecule has 0 atom stereocenters. The van der Waals surface area contributed by atoms with E-state index in [9.17, 15) is 4.79 Å². The molecule has 0 amide bonds. The molecule has 4 rings (SSSR count). The van der Waals surface area contributed by atoms with E-state index in [0.717, 1.165) is 30.9 Å². The van der Waals surface area contributed by atoms with Crippen molar-refractivity contribution < 1.29 is 9.90 Å². The first-order valence-corrected chi connectivity index (χ1v) is 9.34. The summed E-state index contributed by atoms with van der Waals surface area (Å²) in [6.07, 6.45) is 2.60. The molecule has 142 valence electrons. The van der Waals surface area contributed by atoms with Crippen LogP contribution in [0.2, 0.25) is 0 Å². The van der Waals surface area contributed by atoms with Crippen molar-refractivity contribution in [3.05, 3.63) is 83.0 Å². The first-order chi connectivity index (χ1) is 13.7. The Hall–Kier alpha value is -3.25. The summed E-state index contributed by atoms with van der Waals surface area (Å²) in [6.45, 7) is 1.77. The van der Waals surface area contributed by atoms with Crippen molar-refractivity contribution in [1.29, 1.82) is 0 Å². The predicted octanol–water partition coefficient (Wildman–Crippen LogP) is 2.83. The SMILES string of the molecule is O=C(CO)c1ccc2c(c1)CCN(c1ccnc(NCc3ccccc3)n1)C2. The Morgan fingerprint density at radius 1 is 1.11 bits per heavy atom. The second-order valence-corrected chi connectivity index (χ2v) is 6.81. The second-order valence-electron chi connectivity index (χ2n) is 6.81. The molecule has 0 saturated carbocycles. The summed E-state index contributed by atoms with van der Waals surface area (Å²) >= 11 is 0. The lowest BCUT2D eigenvalue weighted by Crippen LogP contribution is -2.31. The molecule has 0 spiro atoms. The second kappa shape index (κ2) is 8.19. The number of aliphatic hydroxyl groups excluding tert-OH is 1. The van der Waals surface area contributed by atoms with Gasteiger partial charge in [-0.25, -0.2) is 4.98 Å². The molecule has 0 fully saturated rings. The standard InChI is InChI=1S/C22H22N4O2/c27-15-20(28)18-6-7-19-14-26(11-9-17(19)12-18)21-8-10-23-22(25-21)24-13-16-4-2-1-3-5-16/h1-8,10,12,27H,9,11,13-15H2,(H,23,24,25). The van der Waals surface area contributed by atoms with Gasteiger partial charge in [-0.15, -0.1) is 0 Å². The largest absolute Gasteiger partial charge is 0.388 e. The van der Waals surface area contributed by atoms with E-state index in [2.05, 4.69) is 32.3 Å². The number of hydrogen-bond acceptors (Lipinski definition) is 6. The molecule has 0 unspecified atom stereocenters. The number of aromatic nitrogens is 2. The summed E-state index contributed by atoms with van der Waals surface area (Å²) in [4.78, 5) is 22.9. The van der Waals surface area contributed by atoms with Crippen molar-refractivity contribution in [2.24, 2.45) is 0 Å². The molecule has 0 bridgehead atoms. The number of carbonyl (C=O) groups excluding carboxylic acids is 1. The first-order valence-electron chi connectivity index (χ1n) is 9.34. The molecule has 0 radical (unpaired) electrons. The van der Waals surface area contributed by atoms with Gasteiger partial charge >= 0.3 is 0 Å². The van der Waals surface area contributed by atoms with Crippen LogP contribution in [-0.2, 0) is 19.5 Å². The Labute approximate surface area is 163 Å². The molecule has 2 N–H and O–H groups in total. The number of Topliss-reactive ketones (excluding diaryl/α,β-unsaturated/α-hetero) is 1. The minimum Gasteiger partial charge on any atom is -0.388 e.